The van der Waals surface area contributed by atoms with E-state index >= 15 is 0 Å². The molecule has 0 bridgehead atoms. The van der Waals surface area contributed by atoms with Crippen molar-refractivity contribution >= 4 is 44.5 Å². The second kappa shape index (κ2) is 5.40. The van der Waals surface area contributed by atoms with Gasteiger partial charge in [-0.3, -0.25) is 24.9 Å². The third-order valence-corrected chi connectivity index (χ3v) is 3.91. The molecular weight excluding hydrogens is 336 g/mol. The van der Waals surface area contributed by atoms with Gasteiger partial charge in [-0.05, 0) is 34.5 Å². The molecule has 1 saturated heterocycles. The zero-order chi connectivity index (χ0) is 15.0. The number of halogens is 1. The highest BCUT2D eigenvalue weighted by Crippen LogP contribution is 2.28. The lowest BCUT2D eigenvalue weighted by atomic mass is 10.1. The van der Waals surface area contributed by atoms with Gasteiger partial charge in [0.05, 0.1) is 17.7 Å². The molecule has 21 heavy (non-hydrogen) atoms. The predicted molar refractivity (Wildman–Crippen MR) is 81.8 cm³/mol. The van der Waals surface area contributed by atoms with Crippen LogP contribution in [0.2, 0.25) is 0 Å². The molecule has 2 aromatic rings. The van der Waals surface area contributed by atoms with Gasteiger partial charge in [0.25, 0.3) is 0 Å². The van der Waals surface area contributed by atoms with Crippen LogP contribution in [-0.2, 0) is 9.59 Å². The number of nitrogens with zero attached hydrogens (tertiary/aromatic N) is 3. The SMILES string of the molecule is CCC1C(=O)NC(=O)CN1c1ccnc2cc(Br)cnc12. The second-order valence-corrected chi connectivity index (χ2v) is 5.73. The maximum absolute atomic E-state index is 12.0. The first-order valence-corrected chi connectivity index (χ1v) is 7.40. The Labute approximate surface area is 129 Å². The van der Waals surface area contributed by atoms with E-state index in [4.69, 9.17) is 0 Å². The van der Waals surface area contributed by atoms with Gasteiger partial charge in [0.2, 0.25) is 11.8 Å². The van der Waals surface area contributed by atoms with Crippen LogP contribution in [-0.4, -0.2) is 34.4 Å². The van der Waals surface area contributed by atoms with Crippen LogP contribution in [0.1, 0.15) is 13.3 Å². The Balaban J connectivity index is 2.13. The summed E-state index contributed by atoms with van der Waals surface area (Å²) in [6.45, 7) is 2.06. The first-order chi connectivity index (χ1) is 10.1. The molecule has 1 aliphatic rings. The normalized spacial score (nSPS) is 19.0. The number of amides is 2. The molecule has 108 valence electrons. The lowest BCUT2D eigenvalue weighted by Crippen LogP contribution is -2.58. The lowest BCUT2D eigenvalue weighted by Gasteiger charge is -2.35. The Kier molecular flexibility index (Phi) is 3.59. The van der Waals surface area contributed by atoms with Crippen molar-refractivity contribution in [2.75, 3.05) is 11.4 Å². The Bertz CT molecular complexity index is 734. The molecule has 0 radical (unpaired) electrons. The molecule has 0 spiro atoms. The van der Waals surface area contributed by atoms with Gasteiger partial charge in [-0.15, -0.1) is 0 Å². The minimum atomic E-state index is -0.376. The maximum Gasteiger partial charge on any atom is 0.249 e. The minimum absolute atomic E-state index is 0.140. The standard InChI is InChI=1S/C14H13BrN4O2/c1-2-10-14(21)18-12(20)7-19(10)11-3-4-16-9-5-8(15)6-17-13(9)11/h3-6,10H,2,7H2,1H3,(H,18,20,21). The highest BCUT2D eigenvalue weighted by atomic mass is 79.9. The Morgan fingerprint density at radius 1 is 1.43 bits per heavy atom. The molecule has 0 saturated carbocycles. The van der Waals surface area contributed by atoms with Gasteiger partial charge in [-0.1, -0.05) is 6.92 Å². The van der Waals surface area contributed by atoms with Crippen LogP contribution < -0.4 is 10.2 Å². The molecule has 1 N–H and O–H groups in total. The Hall–Kier alpha value is -2.02. The highest BCUT2D eigenvalue weighted by Gasteiger charge is 2.33. The zero-order valence-corrected chi connectivity index (χ0v) is 12.9. The molecule has 1 unspecified atom stereocenters. The van der Waals surface area contributed by atoms with Gasteiger partial charge < -0.3 is 4.90 Å². The molecule has 7 heteroatoms. The quantitative estimate of drug-likeness (QED) is 0.835. The molecule has 2 aromatic heterocycles. The van der Waals surface area contributed by atoms with Crippen molar-refractivity contribution in [1.82, 2.24) is 15.3 Å². The fraction of sp³-hybridized carbons (Fsp3) is 0.286. The number of pyridine rings is 2. The number of imide groups is 1. The van der Waals surface area contributed by atoms with Crippen LogP contribution in [0.25, 0.3) is 11.0 Å². The topological polar surface area (TPSA) is 75.2 Å². The number of rotatable bonds is 2. The van der Waals surface area contributed by atoms with E-state index in [9.17, 15) is 9.59 Å². The number of anilines is 1. The molecule has 1 atom stereocenters. The number of hydrogen-bond donors (Lipinski definition) is 1. The summed E-state index contributed by atoms with van der Waals surface area (Å²) in [5.74, 6) is -0.567. The summed E-state index contributed by atoms with van der Waals surface area (Å²) in [5, 5.41) is 2.37. The average molecular weight is 349 g/mol. The molecule has 0 aromatic carbocycles. The van der Waals surface area contributed by atoms with Crippen LogP contribution in [0.5, 0.6) is 0 Å². The molecule has 0 aliphatic carbocycles. The molecule has 3 heterocycles. The van der Waals surface area contributed by atoms with Crippen molar-refractivity contribution in [2.24, 2.45) is 0 Å². The molecule has 6 nitrogen and oxygen atoms in total. The van der Waals surface area contributed by atoms with Gasteiger partial charge in [-0.2, -0.15) is 0 Å². The largest absolute Gasteiger partial charge is 0.348 e. The van der Waals surface area contributed by atoms with E-state index in [1.165, 1.54) is 0 Å². The smallest absolute Gasteiger partial charge is 0.249 e. The van der Waals surface area contributed by atoms with Crippen molar-refractivity contribution in [3.05, 3.63) is 29.0 Å². The van der Waals surface area contributed by atoms with Crippen LogP contribution in [0.3, 0.4) is 0 Å². The van der Waals surface area contributed by atoms with Crippen LogP contribution in [0.4, 0.5) is 5.69 Å². The summed E-state index contributed by atoms with van der Waals surface area (Å²) in [7, 11) is 0. The molecule has 1 aliphatic heterocycles. The third-order valence-electron chi connectivity index (χ3n) is 3.47. The Morgan fingerprint density at radius 2 is 2.24 bits per heavy atom. The highest BCUT2D eigenvalue weighted by molar-refractivity contribution is 9.10. The van der Waals surface area contributed by atoms with Crippen molar-refractivity contribution in [2.45, 2.75) is 19.4 Å². The summed E-state index contributed by atoms with van der Waals surface area (Å²) in [6, 6.07) is 3.27. The number of carbonyl (C=O) groups is 2. The van der Waals surface area contributed by atoms with Crippen molar-refractivity contribution in [3.63, 3.8) is 0 Å². The monoisotopic (exact) mass is 348 g/mol. The first-order valence-electron chi connectivity index (χ1n) is 6.60. The van der Waals surface area contributed by atoms with Crippen molar-refractivity contribution < 1.29 is 9.59 Å². The summed E-state index contributed by atoms with van der Waals surface area (Å²) in [4.78, 5) is 34.1. The number of piperazine rings is 1. The number of fused-ring (bicyclic) bond motifs is 1. The second-order valence-electron chi connectivity index (χ2n) is 4.82. The molecule has 3 rings (SSSR count). The maximum atomic E-state index is 12.0. The van der Waals surface area contributed by atoms with Crippen LogP contribution in [0.15, 0.2) is 29.0 Å². The van der Waals surface area contributed by atoms with E-state index in [-0.39, 0.29) is 24.4 Å². The van der Waals surface area contributed by atoms with Gasteiger partial charge in [-0.25, -0.2) is 0 Å². The molecule has 2 amide bonds. The van der Waals surface area contributed by atoms with Crippen molar-refractivity contribution in [3.8, 4) is 0 Å². The zero-order valence-electron chi connectivity index (χ0n) is 11.3. The number of hydrogen-bond acceptors (Lipinski definition) is 5. The Morgan fingerprint density at radius 3 is 3.00 bits per heavy atom. The van der Waals surface area contributed by atoms with Gasteiger partial charge >= 0.3 is 0 Å². The number of aromatic nitrogens is 2. The van der Waals surface area contributed by atoms with Gasteiger partial charge in [0.15, 0.2) is 0 Å². The van der Waals surface area contributed by atoms with Crippen molar-refractivity contribution in [1.29, 1.82) is 0 Å². The predicted octanol–water partition coefficient (Wildman–Crippen LogP) is 1.63. The minimum Gasteiger partial charge on any atom is -0.348 e. The van der Waals surface area contributed by atoms with E-state index in [1.807, 2.05) is 13.0 Å². The third kappa shape index (κ3) is 2.49. The summed E-state index contributed by atoms with van der Waals surface area (Å²) < 4.78 is 0.833. The van der Waals surface area contributed by atoms with E-state index in [1.54, 1.807) is 23.4 Å². The lowest BCUT2D eigenvalue weighted by molar-refractivity contribution is -0.132. The molecule has 1 fully saturated rings. The fourth-order valence-corrected chi connectivity index (χ4v) is 2.87. The molecular formula is C14H13BrN4O2. The van der Waals surface area contributed by atoms with Gasteiger partial charge in [0, 0.05) is 16.9 Å². The number of carbonyl (C=O) groups excluding carboxylic acids is 2. The van der Waals surface area contributed by atoms with Gasteiger partial charge in [0.1, 0.15) is 11.6 Å². The van der Waals surface area contributed by atoms with E-state index in [0.29, 0.717) is 11.9 Å². The van der Waals surface area contributed by atoms with E-state index in [0.717, 1.165) is 15.7 Å². The van der Waals surface area contributed by atoms with E-state index < -0.39 is 0 Å². The van der Waals surface area contributed by atoms with E-state index in [2.05, 4.69) is 31.2 Å². The first kappa shape index (κ1) is 13.9. The van der Waals surface area contributed by atoms with Crippen LogP contribution in [0, 0.1) is 0 Å². The average Bonchev–Trinajstić information content (AvgIpc) is 2.45. The summed E-state index contributed by atoms with van der Waals surface area (Å²) in [6.07, 6.45) is 3.95. The number of nitrogens with one attached hydrogen (secondary N) is 1. The fourth-order valence-electron chi connectivity index (χ4n) is 2.55. The summed E-state index contributed by atoms with van der Waals surface area (Å²) >= 11 is 3.36. The van der Waals surface area contributed by atoms with Crippen LogP contribution >= 0.6 is 15.9 Å². The summed E-state index contributed by atoms with van der Waals surface area (Å²) in [5.41, 5.74) is 2.15.